The van der Waals surface area contributed by atoms with Crippen molar-refractivity contribution in [2.24, 2.45) is 0 Å². The third-order valence-corrected chi connectivity index (χ3v) is 5.20. The number of aromatic nitrogens is 3. The largest absolute Gasteiger partial charge is 0.461 e. The van der Waals surface area contributed by atoms with Crippen LogP contribution in [0.1, 0.15) is 31.3 Å². The number of nitrogens with one attached hydrogen (secondary N) is 1. The quantitative estimate of drug-likeness (QED) is 0.574. The Morgan fingerprint density at radius 3 is 2.21 bits per heavy atom. The Morgan fingerprint density at radius 2 is 1.67 bits per heavy atom. The predicted octanol–water partition coefficient (Wildman–Crippen LogP) is 2.54. The minimum atomic E-state index is -3.35. The molecular formula is C15H20N3O5P. The molecule has 0 fully saturated rings. The zero-order valence-electron chi connectivity index (χ0n) is 13.8. The van der Waals surface area contributed by atoms with E-state index in [4.69, 9.17) is 13.8 Å². The molecule has 9 heteroatoms. The van der Waals surface area contributed by atoms with Crippen molar-refractivity contribution in [3.05, 3.63) is 30.0 Å². The van der Waals surface area contributed by atoms with Crippen LogP contribution >= 0.6 is 7.60 Å². The highest BCUT2D eigenvalue weighted by Gasteiger charge is 2.27. The number of benzene rings is 1. The van der Waals surface area contributed by atoms with Crippen molar-refractivity contribution in [3.8, 4) is 11.3 Å². The molecule has 0 aliphatic rings. The van der Waals surface area contributed by atoms with Gasteiger partial charge in [-0.05, 0) is 32.9 Å². The summed E-state index contributed by atoms with van der Waals surface area (Å²) in [6.07, 6.45) is 0. The average molecular weight is 353 g/mol. The lowest BCUT2D eigenvalue weighted by Crippen LogP contribution is -2.11. The Labute approximate surface area is 140 Å². The Kier molecular flexibility index (Phi) is 6.25. The van der Waals surface area contributed by atoms with E-state index in [2.05, 4.69) is 15.4 Å². The number of hydrogen-bond donors (Lipinski definition) is 1. The molecule has 0 unspecified atom stereocenters. The van der Waals surface area contributed by atoms with Gasteiger partial charge in [-0.2, -0.15) is 10.3 Å². The fourth-order valence-electron chi connectivity index (χ4n) is 2.10. The van der Waals surface area contributed by atoms with Crippen LogP contribution in [0.3, 0.4) is 0 Å². The summed E-state index contributed by atoms with van der Waals surface area (Å²) in [5.74, 6) is -0.556. The maximum Gasteiger partial charge on any atom is 0.361 e. The van der Waals surface area contributed by atoms with Gasteiger partial charge in [-0.15, -0.1) is 5.10 Å². The first-order valence-corrected chi connectivity index (χ1v) is 9.18. The molecule has 1 heterocycles. The molecule has 0 bridgehead atoms. The molecular weight excluding hydrogens is 333 g/mol. The number of esters is 1. The summed E-state index contributed by atoms with van der Waals surface area (Å²) >= 11 is 0. The molecule has 2 aromatic rings. The number of aromatic amines is 1. The van der Waals surface area contributed by atoms with Gasteiger partial charge in [-0.25, -0.2) is 4.79 Å². The Balaban J connectivity index is 2.32. The van der Waals surface area contributed by atoms with E-state index in [0.717, 1.165) is 0 Å². The minimum Gasteiger partial charge on any atom is -0.461 e. The first kappa shape index (κ1) is 18.3. The van der Waals surface area contributed by atoms with Gasteiger partial charge in [0.15, 0.2) is 5.69 Å². The summed E-state index contributed by atoms with van der Waals surface area (Å²) in [6.45, 7) is 6.01. The van der Waals surface area contributed by atoms with Gasteiger partial charge in [-0.3, -0.25) is 4.57 Å². The van der Waals surface area contributed by atoms with Gasteiger partial charge in [0.05, 0.1) is 25.1 Å². The fraction of sp³-hybridized carbons (Fsp3) is 0.400. The molecule has 0 saturated carbocycles. The lowest BCUT2D eigenvalue weighted by molar-refractivity contribution is 0.0520. The lowest BCUT2D eigenvalue weighted by Gasteiger charge is -2.17. The zero-order chi connectivity index (χ0) is 17.6. The van der Waals surface area contributed by atoms with E-state index in [0.29, 0.717) is 16.6 Å². The maximum absolute atomic E-state index is 12.7. The zero-order valence-corrected chi connectivity index (χ0v) is 14.7. The number of ether oxygens (including phenoxy) is 1. The van der Waals surface area contributed by atoms with Crippen molar-refractivity contribution in [3.63, 3.8) is 0 Å². The van der Waals surface area contributed by atoms with E-state index >= 15 is 0 Å². The smallest absolute Gasteiger partial charge is 0.361 e. The van der Waals surface area contributed by atoms with Gasteiger partial charge in [0, 0.05) is 5.56 Å². The van der Waals surface area contributed by atoms with Gasteiger partial charge in [0.2, 0.25) is 0 Å². The van der Waals surface area contributed by atoms with Crippen LogP contribution in [-0.2, 0) is 18.3 Å². The normalized spacial score (nSPS) is 11.5. The average Bonchev–Trinajstić information content (AvgIpc) is 3.05. The molecule has 0 radical (unpaired) electrons. The first-order valence-electron chi connectivity index (χ1n) is 7.63. The topological polar surface area (TPSA) is 103 Å². The number of hydrogen-bond acceptors (Lipinski definition) is 7. The molecule has 0 aliphatic carbocycles. The van der Waals surface area contributed by atoms with Gasteiger partial charge >= 0.3 is 13.6 Å². The van der Waals surface area contributed by atoms with Crippen molar-refractivity contribution in [2.75, 3.05) is 19.8 Å². The highest BCUT2D eigenvalue weighted by atomic mass is 31.2. The van der Waals surface area contributed by atoms with Crippen LogP contribution in [0.4, 0.5) is 0 Å². The van der Waals surface area contributed by atoms with Gasteiger partial charge in [-0.1, -0.05) is 12.1 Å². The highest BCUT2D eigenvalue weighted by molar-refractivity contribution is 7.62. The lowest BCUT2D eigenvalue weighted by atomic mass is 10.1. The second-order valence-corrected chi connectivity index (χ2v) is 6.65. The second-order valence-electron chi connectivity index (χ2n) is 4.62. The van der Waals surface area contributed by atoms with E-state index in [9.17, 15) is 9.36 Å². The van der Waals surface area contributed by atoms with Gasteiger partial charge < -0.3 is 13.8 Å². The van der Waals surface area contributed by atoms with Crippen LogP contribution in [0.5, 0.6) is 0 Å². The standard InChI is InChI=1S/C15H20N3O5P/c1-4-21-15(19)14-13(16-18-17-14)11-7-9-12(10-8-11)24(20,22-5-2)23-6-3/h7-10H,4-6H2,1-3H3,(H,16,17,18). The summed E-state index contributed by atoms with van der Waals surface area (Å²) in [5, 5.41) is 10.7. The van der Waals surface area contributed by atoms with Crippen molar-refractivity contribution in [1.29, 1.82) is 0 Å². The Hall–Kier alpha value is -2.02. The molecule has 1 aromatic heterocycles. The summed E-state index contributed by atoms with van der Waals surface area (Å²) in [6, 6.07) is 6.62. The van der Waals surface area contributed by atoms with Crippen LogP contribution in [0.2, 0.25) is 0 Å². The molecule has 1 N–H and O–H groups in total. The van der Waals surface area contributed by atoms with E-state index < -0.39 is 13.6 Å². The van der Waals surface area contributed by atoms with Crippen LogP contribution in [0, 0.1) is 0 Å². The number of carbonyl (C=O) groups is 1. The van der Waals surface area contributed by atoms with Crippen molar-refractivity contribution in [1.82, 2.24) is 15.4 Å². The highest BCUT2D eigenvalue weighted by Crippen LogP contribution is 2.46. The molecule has 8 nitrogen and oxygen atoms in total. The van der Waals surface area contributed by atoms with E-state index in [1.54, 1.807) is 45.0 Å². The summed E-state index contributed by atoms with van der Waals surface area (Å²) < 4.78 is 28.3. The molecule has 0 spiro atoms. The number of carbonyl (C=O) groups excluding carboxylic acids is 1. The summed E-state index contributed by atoms with van der Waals surface area (Å²) in [5.41, 5.74) is 1.10. The van der Waals surface area contributed by atoms with E-state index in [1.165, 1.54) is 0 Å². The Bertz CT molecular complexity index is 719. The molecule has 24 heavy (non-hydrogen) atoms. The maximum atomic E-state index is 12.7. The third-order valence-electron chi connectivity index (χ3n) is 3.07. The molecule has 0 atom stereocenters. The van der Waals surface area contributed by atoms with Crippen molar-refractivity contribution < 1.29 is 23.1 Å². The number of rotatable bonds is 8. The molecule has 0 amide bonds. The number of nitrogens with zero attached hydrogens (tertiary/aromatic N) is 2. The fourth-order valence-corrected chi connectivity index (χ4v) is 3.67. The van der Waals surface area contributed by atoms with E-state index in [-0.39, 0.29) is 25.5 Å². The molecule has 1 aromatic carbocycles. The predicted molar refractivity (Wildman–Crippen MR) is 88.3 cm³/mol. The van der Waals surface area contributed by atoms with Gasteiger partial charge in [0.1, 0.15) is 5.69 Å². The Morgan fingerprint density at radius 1 is 1.04 bits per heavy atom. The van der Waals surface area contributed by atoms with E-state index in [1.807, 2.05) is 0 Å². The monoisotopic (exact) mass is 353 g/mol. The number of H-pyrrole nitrogens is 1. The summed E-state index contributed by atoms with van der Waals surface area (Å²) in [4.78, 5) is 11.9. The first-order chi connectivity index (χ1) is 11.6. The SMILES string of the molecule is CCOC(=O)c1n[nH]nc1-c1ccc(P(=O)(OCC)OCC)cc1. The van der Waals surface area contributed by atoms with Crippen LogP contribution < -0.4 is 5.30 Å². The second kappa shape index (κ2) is 8.19. The van der Waals surface area contributed by atoms with Gasteiger partial charge in [0.25, 0.3) is 0 Å². The van der Waals surface area contributed by atoms with Crippen molar-refractivity contribution in [2.45, 2.75) is 20.8 Å². The van der Waals surface area contributed by atoms with Crippen LogP contribution in [-0.4, -0.2) is 41.2 Å². The third kappa shape index (κ3) is 3.90. The van der Waals surface area contributed by atoms with Crippen molar-refractivity contribution >= 4 is 18.9 Å². The van der Waals surface area contributed by atoms with Crippen LogP contribution in [0.15, 0.2) is 24.3 Å². The molecule has 2 rings (SSSR count). The molecule has 130 valence electrons. The minimum absolute atomic E-state index is 0.0994. The molecule has 0 saturated heterocycles. The van der Waals surface area contributed by atoms with Crippen LogP contribution in [0.25, 0.3) is 11.3 Å². The summed E-state index contributed by atoms with van der Waals surface area (Å²) in [7, 11) is -3.35. The molecule has 0 aliphatic heterocycles.